The molecule has 1 fully saturated rings. The standard InChI is InChI=1S/C12H23BrN2O/c1-10(9-15-6-4-5-7-15)8-14-11(16)12(2,3)13/h10H,4-9H2,1-3H3,(H,14,16). The van der Waals surface area contributed by atoms with Crippen molar-refractivity contribution in [2.24, 2.45) is 5.92 Å². The second kappa shape index (κ2) is 6.01. The first-order chi connectivity index (χ1) is 7.39. The fourth-order valence-electron chi connectivity index (χ4n) is 1.95. The lowest BCUT2D eigenvalue weighted by Gasteiger charge is -2.22. The van der Waals surface area contributed by atoms with Crippen LogP contribution in [0.4, 0.5) is 0 Å². The highest BCUT2D eigenvalue weighted by atomic mass is 79.9. The normalized spacial score (nSPS) is 19.8. The maximum Gasteiger partial charge on any atom is 0.236 e. The van der Waals surface area contributed by atoms with Crippen LogP contribution in [0.2, 0.25) is 0 Å². The summed E-state index contributed by atoms with van der Waals surface area (Å²) in [6, 6.07) is 0. The van der Waals surface area contributed by atoms with Crippen LogP contribution in [0.15, 0.2) is 0 Å². The van der Waals surface area contributed by atoms with Crippen molar-refractivity contribution in [2.45, 2.75) is 37.9 Å². The third kappa shape index (κ3) is 4.83. The average Bonchev–Trinajstić information content (AvgIpc) is 2.65. The van der Waals surface area contributed by atoms with Crippen LogP contribution in [0.3, 0.4) is 0 Å². The van der Waals surface area contributed by atoms with Gasteiger partial charge in [0.25, 0.3) is 0 Å². The minimum Gasteiger partial charge on any atom is -0.355 e. The zero-order chi connectivity index (χ0) is 12.2. The zero-order valence-electron chi connectivity index (χ0n) is 10.6. The van der Waals surface area contributed by atoms with Gasteiger partial charge in [0.15, 0.2) is 0 Å². The minimum absolute atomic E-state index is 0.0702. The summed E-state index contributed by atoms with van der Waals surface area (Å²) in [7, 11) is 0. The Balaban J connectivity index is 2.19. The molecule has 1 rings (SSSR count). The molecule has 1 unspecified atom stereocenters. The highest BCUT2D eigenvalue weighted by molar-refractivity contribution is 9.10. The molecule has 1 heterocycles. The summed E-state index contributed by atoms with van der Waals surface area (Å²) in [6.45, 7) is 10.2. The number of halogens is 1. The van der Waals surface area contributed by atoms with Crippen molar-refractivity contribution in [3.63, 3.8) is 0 Å². The SMILES string of the molecule is CC(CNC(=O)C(C)(C)Br)CN1CCCC1. The molecule has 4 heteroatoms. The van der Waals surface area contributed by atoms with Crippen molar-refractivity contribution in [1.82, 2.24) is 10.2 Å². The van der Waals surface area contributed by atoms with Crippen molar-refractivity contribution in [2.75, 3.05) is 26.2 Å². The van der Waals surface area contributed by atoms with E-state index in [1.54, 1.807) is 0 Å². The first-order valence-electron chi connectivity index (χ1n) is 6.09. The molecule has 0 aromatic heterocycles. The molecular weight excluding hydrogens is 268 g/mol. The fraction of sp³-hybridized carbons (Fsp3) is 0.917. The van der Waals surface area contributed by atoms with Gasteiger partial charge in [-0.1, -0.05) is 22.9 Å². The second-order valence-corrected chi connectivity index (χ2v) is 7.28. The van der Waals surface area contributed by atoms with Crippen molar-refractivity contribution < 1.29 is 4.79 Å². The highest BCUT2D eigenvalue weighted by Crippen LogP contribution is 2.15. The first-order valence-corrected chi connectivity index (χ1v) is 6.88. The molecule has 0 radical (unpaired) electrons. The van der Waals surface area contributed by atoms with Crippen LogP contribution < -0.4 is 5.32 Å². The molecule has 0 saturated carbocycles. The van der Waals surface area contributed by atoms with Gasteiger partial charge in [0.2, 0.25) is 5.91 Å². The second-order valence-electron chi connectivity index (χ2n) is 5.30. The van der Waals surface area contributed by atoms with Gasteiger partial charge in [-0.15, -0.1) is 0 Å². The molecule has 0 bridgehead atoms. The van der Waals surface area contributed by atoms with Crippen molar-refractivity contribution in [1.29, 1.82) is 0 Å². The molecule has 0 spiro atoms. The minimum atomic E-state index is -0.458. The number of carbonyl (C=O) groups is 1. The van der Waals surface area contributed by atoms with Crippen molar-refractivity contribution in [3.8, 4) is 0 Å². The van der Waals surface area contributed by atoms with Crippen LogP contribution in [0.25, 0.3) is 0 Å². The lowest BCUT2D eigenvalue weighted by Crippen LogP contribution is -2.41. The predicted octanol–water partition coefficient (Wildman–Crippen LogP) is 2.01. The molecule has 1 aliphatic rings. The molecule has 3 nitrogen and oxygen atoms in total. The van der Waals surface area contributed by atoms with E-state index in [1.807, 2.05) is 13.8 Å². The lowest BCUT2D eigenvalue weighted by atomic mass is 10.1. The largest absolute Gasteiger partial charge is 0.355 e. The van der Waals surface area contributed by atoms with Crippen LogP contribution in [-0.4, -0.2) is 41.3 Å². The lowest BCUT2D eigenvalue weighted by molar-refractivity contribution is -0.122. The summed E-state index contributed by atoms with van der Waals surface area (Å²) in [5.74, 6) is 0.595. The van der Waals surface area contributed by atoms with Crippen LogP contribution >= 0.6 is 15.9 Å². The molecule has 1 amide bonds. The molecule has 0 aromatic rings. The number of alkyl halides is 1. The third-order valence-corrected chi connectivity index (χ3v) is 3.28. The summed E-state index contributed by atoms with van der Waals surface area (Å²) in [5, 5.41) is 2.98. The van der Waals surface area contributed by atoms with Crippen molar-refractivity contribution in [3.05, 3.63) is 0 Å². The first kappa shape index (κ1) is 14.0. The number of rotatable bonds is 5. The summed E-state index contributed by atoms with van der Waals surface area (Å²) in [5.41, 5.74) is 0. The summed E-state index contributed by atoms with van der Waals surface area (Å²) in [6.07, 6.45) is 2.65. The molecule has 0 aliphatic carbocycles. The Bertz CT molecular complexity index is 232. The van der Waals surface area contributed by atoms with E-state index in [0.29, 0.717) is 5.92 Å². The molecule has 16 heavy (non-hydrogen) atoms. The number of nitrogens with one attached hydrogen (secondary N) is 1. The Morgan fingerprint density at radius 3 is 2.50 bits per heavy atom. The summed E-state index contributed by atoms with van der Waals surface area (Å²) in [4.78, 5) is 14.1. The van der Waals surface area contributed by atoms with E-state index in [0.717, 1.165) is 13.1 Å². The summed E-state index contributed by atoms with van der Waals surface area (Å²) >= 11 is 3.36. The van der Waals surface area contributed by atoms with E-state index in [4.69, 9.17) is 0 Å². The monoisotopic (exact) mass is 290 g/mol. The van der Waals surface area contributed by atoms with Crippen LogP contribution in [0, 0.1) is 5.92 Å². The van der Waals surface area contributed by atoms with Gasteiger partial charge in [-0.2, -0.15) is 0 Å². The van der Waals surface area contributed by atoms with Crippen LogP contribution in [0.1, 0.15) is 33.6 Å². The molecule has 1 aliphatic heterocycles. The molecule has 1 atom stereocenters. The van der Waals surface area contributed by atoms with Gasteiger partial charge in [-0.25, -0.2) is 0 Å². The van der Waals surface area contributed by atoms with Crippen molar-refractivity contribution >= 4 is 21.8 Å². The molecule has 1 saturated heterocycles. The van der Waals surface area contributed by atoms with E-state index in [9.17, 15) is 4.79 Å². The van der Waals surface area contributed by atoms with E-state index >= 15 is 0 Å². The van der Waals surface area contributed by atoms with Gasteiger partial charge >= 0.3 is 0 Å². The Morgan fingerprint density at radius 1 is 1.44 bits per heavy atom. The van der Waals surface area contributed by atoms with Gasteiger partial charge in [0, 0.05) is 13.1 Å². The van der Waals surface area contributed by atoms with Gasteiger partial charge in [-0.3, -0.25) is 4.79 Å². The number of hydrogen-bond donors (Lipinski definition) is 1. The van der Waals surface area contributed by atoms with Gasteiger partial charge in [0.1, 0.15) is 0 Å². The number of likely N-dealkylation sites (tertiary alicyclic amines) is 1. The number of amides is 1. The fourth-order valence-corrected chi connectivity index (χ4v) is 2.09. The topological polar surface area (TPSA) is 32.3 Å². The van der Waals surface area contributed by atoms with E-state index in [2.05, 4.69) is 33.1 Å². The summed E-state index contributed by atoms with van der Waals surface area (Å²) < 4.78 is -0.458. The van der Waals surface area contributed by atoms with Crippen LogP contribution in [-0.2, 0) is 4.79 Å². The number of hydrogen-bond acceptors (Lipinski definition) is 2. The Labute approximate surface area is 107 Å². The Kier molecular flexibility index (Phi) is 5.25. The van der Waals surface area contributed by atoms with E-state index in [-0.39, 0.29) is 5.91 Å². The molecule has 0 aromatic carbocycles. The molecule has 94 valence electrons. The molecule has 1 N–H and O–H groups in total. The van der Waals surface area contributed by atoms with E-state index < -0.39 is 4.32 Å². The quantitative estimate of drug-likeness (QED) is 0.786. The third-order valence-electron chi connectivity index (χ3n) is 2.92. The van der Waals surface area contributed by atoms with Gasteiger partial charge < -0.3 is 10.2 Å². The Hall–Kier alpha value is -0.0900. The Morgan fingerprint density at radius 2 is 2.00 bits per heavy atom. The number of carbonyl (C=O) groups excluding carboxylic acids is 1. The highest BCUT2D eigenvalue weighted by Gasteiger charge is 2.23. The smallest absolute Gasteiger partial charge is 0.236 e. The predicted molar refractivity (Wildman–Crippen MR) is 70.9 cm³/mol. The van der Waals surface area contributed by atoms with Crippen LogP contribution in [0.5, 0.6) is 0 Å². The zero-order valence-corrected chi connectivity index (χ0v) is 12.1. The molecular formula is C12H23BrN2O. The van der Waals surface area contributed by atoms with E-state index in [1.165, 1.54) is 25.9 Å². The average molecular weight is 291 g/mol. The maximum atomic E-state index is 11.6. The maximum absolute atomic E-state index is 11.6. The van der Waals surface area contributed by atoms with Gasteiger partial charge in [-0.05, 0) is 45.7 Å². The number of nitrogens with zero attached hydrogens (tertiary/aromatic N) is 1. The van der Waals surface area contributed by atoms with Gasteiger partial charge in [0.05, 0.1) is 4.32 Å².